The van der Waals surface area contributed by atoms with Crippen LogP contribution in [0.2, 0.25) is 0 Å². The van der Waals surface area contributed by atoms with Crippen LogP contribution in [0.1, 0.15) is 0 Å². The fraction of sp³-hybridized carbons (Fsp3) is 0. The van der Waals surface area contributed by atoms with E-state index in [-0.39, 0.29) is 4.59 Å². The van der Waals surface area contributed by atoms with E-state index in [0.717, 1.165) is 17.1 Å². The molecule has 0 spiro atoms. The van der Waals surface area contributed by atoms with Crippen molar-refractivity contribution in [1.82, 2.24) is 4.59 Å². The minimum Gasteiger partial charge on any atom is -0.183 e. The van der Waals surface area contributed by atoms with Crippen LogP contribution in [-0.2, 0) is 0 Å². The van der Waals surface area contributed by atoms with Gasteiger partial charge < -0.3 is 0 Å². The molecule has 0 atom stereocenters. The molecule has 7 heteroatoms. The predicted octanol–water partition coefficient (Wildman–Crippen LogP) is 6.34. The van der Waals surface area contributed by atoms with Crippen molar-refractivity contribution in [1.29, 1.82) is 5.53 Å². The molecule has 3 aromatic rings. The Labute approximate surface area is 145 Å². The zero-order valence-electron chi connectivity index (χ0n) is 13.3. The lowest BCUT2D eigenvalue weighted by atomic mass is 10.1. The molecule has 0 aromatic heterocycles. The SMILES string of the molecule is N=NN=NN=N[N+](c1ccccc1)(c1ccccc1)c1ccccc1. The minimum absolute atomic E-state index is 0.0143. The maximum atomic E-state index is 6.69. The van der Waals surface area contributed by atoms with Crippen molar-refractivity contribution in [2.45, 2.75) is 0 Å². The normalized spacial score (nSPS) is 11.8. The molecular weight excluding hydrogens is 314 g/mol. The Kier molecular flexibility index (Phi) is 5.08. The van der Waals surface area contributed by atoms with E-state index in [1.165, 1.54) is 0 Å². The molecule has 3 rings (SSSR count). The first-order valence-electron chi connectivity index (χ1n) is 7.63. The molecule has 0 radical (unpaired) electrons. The van der Waals surface area contributed by atoms with Gasteiger partial charge in [0.15, 0.2) is 17.1 Å². The molecule has 122 valence electrons. The highest BCUT2D eigenvalue weighted by Gasteiger charge is 2.38. The van der Waals surface area contributed by atoms with Crippen LogP contribution < -0.4 is 4.59 Å². The summed E-state index contributed by atoms with van der Waals surface area (Å²) in [5.41, 5.74) is 9.36. The Morgan fingerprint density at radius 1 is 0.520 bits per heavy atom. The van der Waals surface area contributed by atoms with Crippen molar-refractivity contribution in [2.24, 2.45) is 26.1 Å². The molecular formula is C18H16N7+. The Balaban J connectivity index is 2.29. The number of quaternary nitrogens is 1. The molecule has 0 aliphatic rings. The summed E-state index contributed by atoms with van der Waals surface area (Å²) in [6, 6.07) is 29.4. The van der Waals surface area contributed by atoms with Gasteiger partial charge in [-0.05, 0) is 10.4 Å². The average Bonchev–Trinajstić information content (AvgIpc) is 2.70. The lowest BCUT2D eigenvalue weighted by Crippen LogP contribution is -2.32. The van der Waals surface area contributed by atoms with Gasteiger partial charge >= 0.3 is 0 Å². The van der Waals surface area contributed by atoms with Crippen molar-refractivity contribution >= 4 is 17.1 Å². The summed E-state index contributed by atoms with van der Waals surface area (Å²) in [7, 11) is 0. The first-order valence-corrected chi connectivity index (χ1v) is 7.63. The lowest BCUT2D eigenvalue weighted by molar-refractivity contribution is 0.501. The summed E-state index contributed by atoms with van der Waals surface area (Å²) in [6.07, 6.45) is 0. The highest BCUT2D eigenvalue weighted by atomic mass is 15.7. The van der Waals surface area contributed by atoms with E-state index < -0.39 is 0 Å². The molecule has 0 aliphatic heterocycles. The maximum Gasteiger partial charge on any atom is 0.171 e. The highest BCUT2D eigenvalue weighted by Crippen LogP contribution is 2.44. The monoisotopic (exact) mass is 330 g/mol. The quantitative estimate of drug-likeness (QED) is 0.311. The molecule has 0 amide bonds. The summed E-state index contributed by atoms with van der Waals surface area (Å²) >= 11 is 0. The molecule has 0 bridgehead atoms. The fourth-order valence-electron chi connectivity index (χ4n) is 2.65. The number of nitrogens with one attached hydrogen (secondary N) is 1. The predicted molar refractivity (Wildman–Crippen MR) is 95.3 cm³/mol. The Morgan fingerprint density at radius 3 is 1.28 bits per heavy atom. The molecule has 0 aliphatic carbocycles. The number of hydrogen-bond donors (Lipinski definition) is 1. The molecule has 1 N–H and O–H groups in total. The molecule has 25 heavy (non-hydrogen) atoms. The fourth-order valence-corrected chi connectivity index (χ4v) is 2.65. The average molecular weight is 330 g/mol. The van der Waals surface area contributed by atoms with Crippen LogP contribution in [0.5, 0.6) is 0 Å². The number of hydrogen-bond acceptors (Lipinski definition) is 2. The summed E-state index contributed by atoms with van der Waals surface area (Å²) in [4.78, 5) is 0. The highest BCUT2D eigenvalue weighted by molar-refractivity contribution is 5.69. The van der Waals surface area contributed by atoms with Gasteiger partial charge in [-0.3, -0.25) is 0 Å². The van der Waals surface area contributed by atoms with Gasteiger partial charge in [0, 0.05) is 46.8 Å². The van der Waals surface area contributed by atoms with Crippen LogP contribution in [0.4, 0.5) is 17.1 Å². The molecule has 0 heterocycles. The van der Waals surface area contributed by atoms with E-state index in [1.807, 2.05) is 91.0 Å². The number of rotatable bonds is 6. The third-order valence-corrected chi connectivity index (χ3v) is 3.69. The van der Waals surface area contributed by atoms with Crippen LogP contribution in [-0.4, -0.2) is 0 Å². The van der Waals surface area contributed by atoms with Crippen molar-refractivity contribution in [3.05, 3.63) is 91.0 Å². The Bertz CT molecular complexity index is 765. The molecule has 0 unspecified atom stereocenters. The minimum atomic E-state index is -0.0143. The van der Waals surface area contributed by atoms with Gasteiger partial charge in [-0.25, -0.2) is 0 Å². The zero-order chi connectivity index (χ0) is 17.4. The zero-order valence-corrected chi connectivity index (χ0v) is 13.3. The van der Waals surface area contributed by atoms with Gasteiger partial charge in [-0.2, -0.15) is 5.53 Å². The molecule has 3 aromatic carbocycles. The summed E-state index contributed by atoms with van der Waals surface area (Å²) in [6.45, 7) is 0. The number of para-hydroxylation sites is 3. The summed E-state index contributed by atoms with van der Waals surface area (Å²) in [5.74, 6) is 0. The first-order chi connectivity index (χ1) is 12.4. The van der Waals surface area contributed by atoms with Crippen LogP contribution >= 0.6 is 0 Å². The van der Waals surface area contributed by atoms with Crippen LogP contribution in [0, 0.1) is 5.53 Å². The number of benzene rings is 3. The van der Waals surface area contributed by atoms with E-state index >= 15 is 0 Å². The van der Waals surface area contributed by atoms with E-state index in [4.69, 9.17) is 5.53 Å². The van der Waals surface area contributed by atoms with Crippen LogP contribution in [0.25, 0.3) is 0 Å². The lowest BCUT2D eigenvalue weighted by Gasteiger charge is -2.28. The van der Waals surface area contributed by atoms with Crippen molar-refractivity contribution in [3.63, 3.8) is 0 Å². The first kappa shape index (κ1) is 16.3. The molecule has 0 saturated carbocycles. The summed E-state index contributed by atoms with van der Waals surface area (Å²) in [5, 5.41) is 17.8. The smallest absolute Gasteiger partial charge is 0.171 e. The second-order valence-corrected chi connectivity index (χ2v) is 5.10. The number of nitrogens with zero attached hydrogens (tertiary/aromatic N) is 6. The van der Waals surface area contributed by atoms with Gasteiger partial charge in [0.1, 0.15) is 0 Å². The van der Waals surface area contributed by atoms with Crippen molar-refractivity contribution in [3.8, 4) is 0 Å². The van der Waals surface area contributed by atoms with E-state index in [0.29, 0.717) is 0 Å². The van der Waals surface area contributed by atoms with Gasteiger partial charge in [0.25, 0.3) is 0 Å². The van der Waals surface area contributed by atoms with Gasteiger partial charge in [0.2, 0.25) is 0 Å². The van der Waals surface area contributed by atoms with Crippen LogP contribution in [0.15, 0.2) is 117 Å². The van der Waals surface area contributed by atoms with Crippen molar-refractivity contribution < 1.29 is 0 Å². The molecule has 0 fully saturated rings. The van der Waals surface area contributed by atoms with Gasteiger partial charge in [-0.1, -0.05) is 59.2 Å². The molecule has 7 nitrogen and oxygen atoms in total. The van der Waals surface area contributed by atoms with Crippen LogP contribution in [0.3, 0.4) is 0 Å². The van der Waals surface area contributed by atoms with E-state index in [2.05, 4.69) is 26.1 Å². The topological polar surface area (TPSA) is 85.6 Å². The van der Waals surface area contributed by atoms with Crippen molar-refractivity contribution in [2.75, 3.05) is 0 Å². The maximum absolute atomic E-state index is 6.69. The van der Waals surface area contributed by atoms with Gasteiger partial charge in [-0.15, -0.1) is 0 Å². The standard InChI is InChI=1S/C18H16N7/c19-20-21-22-23-24-25(16-10-4-1-5-11-16,17-12-6-2-7-13-17)18-14-8-3-9-15-18/h1-15,19H/q+1. The van der Waals surface area contributed by atoms with E-state index in [9.17, 15) is 0 Å². The Hall–Kier alpha value is -3.58. The summed E-state index contributed by atoms with van der Waals surface area (Å²) < 4.78 is -0.0143. The van der Waals surface area contributed by atoms with E-state index in [1.54, 1.807) is 0 Å². The second kappa shape index (κ2) is 7.80. The second-order valence-electron chi connectivity index (χ2n) is 5.10. The third-order valence-electron chi connectivity index (χ3n) is 3.69. The largest absolute Gasteiger partial charge is 0.183 e. The van der Waals surface area contributed by atoms with Gasteiger partial charge in [0.05, 0.1) is 5.22 Å². The third kappa shape index (κ3) is 3.36. The molecule has 0 saturated heterocycles. The Morgan fingerprint density at radius 2 is 0.920 bits per heavy atom.